The Morgan fingerprint density at radius 1 is 1.10 bits per heavy atom. The number of sulfonamides is 1. The van der Waals surface area contributed by atoms with Gasteiger partial charge in [-0.05, 0) is 25.0 Å². The van der Waals surface area contributed by atoms with E-state index in [9.17, 15) is 8.42 Å². The third-order valence-corrected chi connectivity index (χ3v) is 4.54. The third-order valence-electron chi connectivity index (χ3n) is 2.93. The molecule has 0 saturated heterocycles. The van der Waals surface area contributed by atoms with Gasteiger partial charge in [0.25, 0.3) is 0 Å². The molecular formula is C15H26N2O3S. The Morgan fingerprint density at radius 3 is 2.52 bits per heavy atom. The van der Waals surface area contributed by atoms with Crippen molar-refractivity contribution in [3.63, 3.8) is 0 Å². The molecule has 0 bridgehead atoms. The summed E-state index contributed by atoms with van der Waals surface area (Å²) in [6, 6.07) is 6.94. The van der Waals surface area contributed by atoms with Crippen LogP contribution in [-0.4, -0.2) is 34.7 Å². The summed E-state index contributed by atoms with van der Waals surface area (Å²) in [5.74, 6) is 0. The second-order valence-corrected chi connectivity index (χ2v) is 6.48. The van der Waals surface area contributed by atoms with Crippen LogP contribution in [0.3, 0.4) is 0 Å². The number of hydrogen-bond donors (Lipinski definition) is 2. The van der Waals surface area contributed by atoms with Crippen LogP contribution in [0.1, 0.15) is 33.1 Å². The first-order valence-corrected chi connectivity index (χ1v) is 9.00. The summed E-state index contributed by atoms with van der Waals surface area (Å²) in [4.78, 5) is 0.291. The van der Waals surface area contributed by atoms with Gasteiger partial charge in [-0.15, -0.1) is 0 Å². The van der Waals surface area contributed by atoms with Crippen LogP contribution in [0.4, 0.5) is 5.69 Å². The Labute approximate surface area is 128 Å². The molecule has 6 heteroatoms. The highest BCUT2D eigenvalue weighted by atomic mass is 32.2. The van der Waals surface area contributed by atoms with Crippen molar-refractivity contribution in [3.05, 3.63) is 24.3 Å². The molecule has 0 aliphatic rings. The average molecular weight is 314 g/mol. The van der Waals surface area contributed by atoms with Gasteiger partial charge in [0, 0.05) is 26.3 Å². The maximum Gasteiger partial charge on any atom is 0.242 e. The lowest BCUT2D eigenvalue weighted by atomic mass is 10.3. The minimum absolute atomic E-state index is 0.291. The lowest BCUT2D eigenvalue weighted by Gasteiger charge is -2.12. The molecule has 0 aliphatic carbocycles. The van der Waals surface area contributed by atoms with Gasteiger partial charge < -0.3 is 10.1 Å². The summed E-state index contributed by atoms with van der Waals surface area (Å²) in [5.41, 5.74) is 0.631. The number of nitrogens with one attached hydrogen (secondary N) is 2. The van der Waals surface area contributed by atoms with Gasteiger partial charge in [-0.2, -0.15) is 0 Å². The lowest BCUT2D eigenvalue weighted by molar-refractivity contribution is 0.131. The Morgan fingerprint density at radius 2 is 1.81 bits per heavy atom. The van der Waals surface area contributed by atoms with Gasteiger partial charge in [-0.3, -0.25) is 0 Å². The average Bonchev–Trinajstić information content (AvgIpc) is 2.46. The minimum Gasteiger partial charge on any atom is -0.384 e. The van der Waals surface area contributed by atoms with Crippen LogP contribution in [0.2, 0.25) is 0 Å². The summed E-state index contributed by atoms with van der Waals surface area (Å²) in [6.45, 7) is 6.44. The molecule has 0 atom stereocenters. The molecule has 21 heavy (non-hydrogen) atoms. The predicted molar refractivity (Wildman–Crippen MR) is 86.1 cm³/mol. The molecule has 1 rings (SSSR count). The first-order valence-electron chi connectivity index (χ1n) is 7.52. The maximum absolute atomic E-state index is 12.1. The zero-order valence-corrected chi connectivity index (χ0v) is 13.7. The largest absolute Gasteiger partial charge is 0.384 e. The smallest absolute Gasteiger partial charge is 0.242 e. The van der Waals surface area contributed by atoms with Crippen molar-refractivity contribution in [2.24, 2.45) is 0 Å². The molecule has 0 spiro atoms. The first-order chi connectivity index (χ1) is 10.1. The Hall–Kier alpha value is -1.11. The van der Waals surface area contributed by atoms with Gasteiger partial charge in [0.15, 0.2) is 0 Å². The van der Waals surface area contributed by atoms with Crippen LogP contribution in [0.5, 0.6) is 0 Å². The van der Waals surface area contributed by atoms with E-state index < -0.39 is 10.0 Å². The van der Waals surface area contributed by atoms with E-state index in [4.69, 9.17) is 4.74 Å². The highest BCUT2D eigenvalue weighted by molar-refractivity contribution is 7.89. The van der Waals surface area contributed by atoms with Gasteiger partial charge in [-0.25, -0.2) is 13.1 Å². The number of para-hydroxylation sites is 1. The lowest BCUT2D eigenvalue weighted by Crippen LogP contribution is -2.24. The molecule has 0 fully saturated rings. The zero-order valence-electron chi connectivity index (χ0n) is 12.9. The van der Waals surface area contributed by atoms with Crippen molar-refractivity contribution in [1.82, 2.24) is 4.72 Å². The molecule has 0 saturated carbocycles. The first kappa shape index (κ1) is 17.9. The molecule has 1 aromatic rings. The summed E-state index contributed by atoms with van der Waals surface area (Å²) >= 11 is 0. The van der Waals surface area contributed by atoms with Crippen molar-refractivity contribution in [2.75, 3.05) is 31.6 Å². The van der Waals surface area contributed by atoms with Crippen LogP contribution in [0.25, 0.3) is 0 Å². The number of hydrogen-bond acceptors (Lipinski definition) is 4. The molecule has 0 unspecified atom stereocenters. The number of ether oxygens (including phenoxy) is 1. The van der Waals surface area contributed by atoms with E-state index >= 15 is 0 Å². The fourth-order valence-corrected chi connectivity index (χ4v) is 3.08. The quantitative estimate of drug-likeness (QED) is 0.616. The van der Waals surface area contributed by atoms with Gasteiger partial charge in [0.1, 0.15) is 4.90 Å². The number of unbranched alkanes of at least 4 members (excludes halogenated alkanes) is 1. The molecule has 0 radical (unpaired) electrons. The van der Waals surface area contributed by atoms with Crippen molar-refractivity contribution in [1.29, 1.82) is 0 Å². The van der Waals surface area contributed by atoms with E-state index in [1.807, 2.05) is 6.07 Å². The van der Waals surface area contributed by atoms with Crippen molar-refractivity contribution in [2.45, 2.75) is 38.0 Å². The van der Waals surface area contributed by atoms with Crippen LogP contribution >= 0.6 is 0 Å². The SMILES string of the molecule is CCCCOCCCNc1ccccc1S(=O)(=O)NCC. The minimum atomic E-state index is -3.44. The third kappa shape index (κ3) is 6.46. The van der Waals surface area contributed by atoms with Crippen molar-refractivity contribution >= 4 is 15.7 Å². The van der Waals surface area contributed by atoms with E-state index in [-0.39, 0.29) is 0 Å². The van der Waals surface area contributed by atoms with Gasteiger partial charge in [0.05, 0.1) is 5.69 Å². The number of rotatable bonds is 11. The topological polar surface area (TPSA) is 67.4 Å². The standard InChI is InChI=1S/C15H26N2O3S/c1-3-5-12-20-13-8-11-16-14-9-6-7-10-15(14)21(18,19)17-4-2/h6-7,9-10,16-17H,3-5,8,11-13H2,1-2H3. The number of benzene rings is 1. The van der Waals surface area contributed by atoms with E-state index in [1.54, 1.807) is 25.1 Å². The van der Waals surface area contributed by atoms with E-state index in [2.05, 4.69) is 17.0 Å². The van der Waals surface area contributed by atoms with E-state index in [0.29, 0.717) is 30.3 Å². The van der Waals surface area contributed by atoms with Crippen LogP contribution < -0.4 is 10.0 Å². The summed E-state index contributed by atoms with van der Waals surface area (Å²) in [5, 5.41) is 3.17. The van der Waals surface area contributed by atoms with Gasteiger partial charge in [0.2, 0.25) is 10.0 Å². The zero-order chi connectivity index (χ0) is 15.6. The Kier molecular flexibility index (Phi) is 8.34. The van der Waals surface area contributed by atoms with Crippen LogP contribution in [-0.2, 0) is 14.8 Å². The molecule has 0 amide bonds. The summed E-state index contributed by atoms with van der Waals surface area (Å²) in [7, 11) is -3.44. The second kappa shape index (κ2) is 9.76. The van der Waals surface area contributed by atoms with Crippen molar-refractivity contribution < 1.29 is 13.2 Å². The fourth-order valence-electron chi connectivity index (χ4n) is 1.86. The molecule has 0 heterocycles. The number of anilines is 1. The molecule has 0 aromatic heterocycles. The molecular weight excluding hydrogens is 288 g/mol. The Bertz CT molecular complexity index is 503. The predicted octanol–water partition coefficient (Wildman–Crippen LogP) is 2.60. The second-order valence-electron chi connectivity index (χ2n) is 4.74. The van der Waals surface area contributed by atoms with Gasteiger partial charge >= 0.3 is 0 Å². The normalized spacial score (nSPS) is 11.5. The Balaban J connectivity index is 2.49. The molecule has 1 aromatic carbocycles. The maximum atomic E-state index is 12.1. The molecule has 0 aliphatic heterocycles. The summed E-state index contributed by atoms with van der Waals surface area (Å²) < 4.78 is 32.2. The van der Waals surface area contributed by atoms with E-state index in [0.717, 1.165) is 25.9 Å². The van der Waals surface area contributed by atoms with Gasteiger partial charge in [-0.1, -0.05) is 32.4 Å². The molecule has 5 nitrogen and oxygen atoms in total. The van der Waals surface area contributed by atoms with Crippen LogP contribution in [0.15, 0.2) is 29.2 Å². The summed E-state index contributed by atoms with van der Waals surface area (Å²) in [6.07, 6.45) is 3.06. The van der Waals surface area contributed by atoms with E-state index in [1.165, 1.54) is 0 Å². The molecule has 120 valence electrons. The highest BCUT2D eigenvalue weighted by Gasteiger charge is 2.16. The highest BCUT2D eigenvalue weighted by Crippen LogP contribution is 2.20. The monoisotopic (exact) mass is 314 g/mol. The molecule has 2 N–H and O–H groups in total. The van der Waals surface area contributed by atoms with Crippen molar-refractivity contribution in [3.8, 4) is 0 Å². The van der Waals surface area contributed by atoms with Crippen LogP contribution in [0, 0.1) is 0 Å². The fraction of sp³-hybridized carbons (Fsp3) is 0.600.